The van der Waals surface area contributed by atoms with E-state index in [0.717, 1.165) is 11.1 Å². The topological polar surface area (TPSA) is 88.1 Å². The van der Waals surface area contributed by atoms with Crippen LogP contribution in [0.5, 0.6) is 5.75 Å². The van der Waals surface area contributed by atoms with Gasteiger partial charge in [-0.3, -0.25) is 4.79 Å². The first-order valence-corrected chi connectivity index (χ1v) is 11.3. The molecular formula is C25H20Cl2N2O5. The number of rotatable bonds is 5. The second-order valence-corrected chi connectivity index (χ2v) is 9.09. The fourth-order valence-electron chi connectivity index (χ4n) is 4.93. The molecule has 174 valence electrons. The molecule has 0 bridgehead atoms. The van der Waals surface area contributed by atoms with E-state index in [1.54, 1.807) is 54.5 Å². The molecule has 2 unspecified atom stereocenters. The number of nitrogens with one attached hydrogen (secondary N) is 1. The molecule has 5 rings (SSSR count). The molecule has 2 aliphatic rings. The smallest absolute Gasteiger partial charge is 0.497 e. The predicted molar refractivity (Wildman–Crippen MR) is 129 cm³/mol. The van der Waals surface area contributed by atoms with Gasteiger partial charge in [-0.1, -0.05) is 47.5 Å². The van der Waals surface area contributed by atoms with Crippen molar-refractivity contribution >= 4 is 46.6 Å². The van der Waals surface area contributed by atoms with Gasteiger partial charge in [-0.25, -0.2) is 4.79 Å². The second kappa shape index (κ2) is 8.42. The Morgan fingerprint density at radius 3 is 2.68 bits per heavy atom. The number of hydrogen-bond donors (Lipinski definition) is 2. The van der Waals surface area contributed by atoms with E-state index in [9.17, 15) is 14.7 Å². The zero-order valence-electron chi connectivity index (χ0n) is 18.0. The van der Waals surface area contributed by atoms with Crippen molar-refractivity contribution in [3.05, 3.63) is 87.4 Å². The summed E-state index contributed by atoms with van der Waals surface area (Å²) in [6, 6.07) is 17.9. The molecule has 2 heterocycles. The monoisotopic (exact) mass is 498 g/mol. The lowest BCUT2D eigenvalue weighted by Gasteiger charge is -2.42. The normalized spacial score (nSPS) is 20.5. The van der Waals surface area contributed by atoms with Crippen LogP contribution in [0.3, 0.4) is 0 Å². The molecule has 2 atom stereocenters. The zero-order valence-corrected chi connectivity index (χ0v) is 19.6. The number of halogens is 2. The van der Waals surface area contributed by atoms with Crippen LogP contribution in [0.4, 0.5) is 16.2 Å². The van der Waals surface area contributed by atoms with Crippen LogP contribution < -0.4 is 15.0 Å². The summed E-state index contributed by atoms with van der Waals surface area (Å²) < 4.78 is 10.8. The second-order valence-electron chi connectivity index (χ2n) is 8.22. The molecule has 0 aliphatic carbocycles. The van der Waals surface area contributed by atoms with Crippen LogP contribution in [0.1, 0.15) is 16.7 Å². The van der Waals surface area contributed by atoms with Crippen molar-refractivity contribution in [1.82, 2.24) is 0 Å². The van der Waals surface area contributed by atoms with Gasteiger partial charge in [0.2, 0.25) is 0 Å². The lowest BCUT2D eigenvalue weighted by molar-refractivity contribution is -0.121. The van der Waals surface area contributed by atoms with Gasteiger partial charge < -0.3 is 24.8 Å². The number of ether oxygens (including phenoxy) is 2. The summed E-state index contributed by atoms with van der Waals surface area (Å²) in [4.78, 5) is 27.3. The maximum absolute atomic E-state index is 13.9. The number of fused-ring (bicyclic) bond motifs is 2. The van der Waals surface area contributed by atoms with Crippen molar-refractivity contribution in [3.63, 3.8) is 0 Å². The minimum Gasteiger partial charge on any atom is -0.497 e. The van der Waals surface area contributed by atoms with Crippen LogP contribution in [0.25, 0.3) is 0 Å². The molecule has 0 aromatic heterocycles. The lowest BCUT2D eigenvalue weighted by Crippen LogP contribution is -2.56. The molecule has 0 saturated carbocycles. The Hall–Kier alpha value is -3.42. The molecular weight excluding hydrogens is 479 g/mol. The molecule has 7 nitrogen and oxygen atoms in total. The number of amides is 1. The van der Waals surface area contributed by atoms with E-state index in [4.69, 9.17) is 32.7 Å². The van der Waals surface area contributed by atoms with Gasteiger partial charge in [-0.05, 0) is 41.5 Å². The van der Waals surface area contributed by atoms with Gasteiger partial charge in [-0.2, -0.15) is 0 Å². The van der Waals surface area contributed by atoms with Crippen LogP contribution in [-0.4, -0.2) is 30.5 Å². The molecule has 0 saturated heterocycles. The Balaban J connectivity index is 1.77. The molecule has 2 N–H and O–H groups in total. The van der Waals surface area contributed by atoms with Gasteiger partial charge in [0.15, 0.2) is 11.8 Å². The van der Waals surface area contributed by atoms with Crippen LogP contribution >= 0.6 is 23.2 Å². The third-order valence-corrected chi connectivity index (χ3v) is 6.75. The highest BCUT2D eigenvalue weighted by Gasteiger charge is 2.56. The standard InChI is InChI=1S/C25H20Cl2N2O5/c1-33-18-7-5-15-10-22(34-24(31)32)29(21(15)12-18)25(13-14-3-2-4-16(26)9-14)19-8-6-17(27)11-20(19)28-23(25)30/h2-9,11-12,22H,10,13H2,1H3,(H,28,30)(H,31,32). The Kier molecular flexibility index (Phi) is 5.54. The van der Waals surface area contributed by atoms with Crippen molar-refractivity contribution in [3.8, 4) is 5.75 Å². The Morgan fingerprint density at radius 2 is 1.94 bits per heavy atom. The average molecular weight is 499 g/mol. The fraction of sp³-hybridized carbons (Fsp3) is 0.200. The summed E-state index contributed by atoms with van der Waals surface area (Å²) in [6.07, 6.45) is -1.88. The van der Waals surface area contributed by atoms with Crippen molar-refractivity contribution in [2.45, 2.75) is 24.6 Å². The highest BCUT2D eigenvalue weighted by molar-refractivity contribution is 6.31. The minimum absolute atomic E-state index is 0.212. The van der Waals surface area contributed by atoms with Crippen molar-refractivity contribution < 1.29 is 24.2 Å². The van der Waals surface area contributed by atoms with Crippen LogP contribution in [0.15, 0.2) is 60.7 Å². The highest BCUT2D eigenvalue weighted by Crippen LogP contribution is 2.51. The van der Waals surface area contributed by atoms with E-state index < -0.39 is 17.9 Å². The summed E-state index contributed by atoms with van der Waals surface area (Å²) in [5.41, 5.74) is 2.19. The Labute approximate surface area is 205 Å². The number of hydrogen-bond acceptors (Lipinski definition) is 5. The fourth-order valence-corrected chi connectivity index (χ4v) is 5.32. The van der Waals surface area contributed by atoms with Gasteiger partial charge >= 0.3 is 6.16 Å². The van der Waals surface area contributed by atoms with E-state index in [2.05, 4.69) is 5.32 Å². The maximum Gasteiger partial charge on any atom is 0.507 e. The molecule has 0 fully saturated rings. The first kappa shape index (κ1) is 22.4. The molecule has 9 heteroatoms. The van der Waals surface area contributed by atoms with E-state index in [0.29, 0.717) is 32.7 Å². The Bertz CT molecular complexity index is 1310. The number of carbonyl (C=O) groups excluding carboxylic acids is 1. The number of anilines is 2. The average Bonchev–Trinajstić information content (AvgIpc) is 3.26. The quantitative estimate of drug-likeness (QED) is 0.453. The van der Waals surface area contributed by atoms with Gasteiger partial charge in [-0.15, -0.1) is 0 Å². The third kappa shape index (κ3) is 3.61. The summed E-state index contributed by atoms with van der Waals surface area (Å²) >= 11 is 12.5. The lowest BCUT2D eigenvalue weighted by atomic mass is 9.82. The number of methoxy groups -OCH3 is 1. The molecule has 0 spiro atoms. The predicted octanol–water partition coefficient (Wildman–Crippen LogP) is 5.48. The number of carboxylic acid groups (broad SMARTS) is 1. The highest BCUT2D eigenvalue weighted by atomic mass is 35.5. The van der Waals surface area contributed by atoms with Crippen molar-refractivity contribution in [2.75, 3.05) is 17.3 Å². The van der Waals surface area contributed by atoms with E-state index in [1.807, 2.05) is 18.2 Å². The van der Waals surface area contributed by atoms with Crippen LogP contribution in [-0.2, 0) is 27.9 Å². The first-order valence-electron chi connectivity index (χ1n) is 10.5. The summed E-state index contributed by atoms with van der Waals surface area (Å²) in [6.45, 7) is 0. The van der Waals surface area contributed by atoms with Gasteiger partial charge in [0.05, 0.1) is 7.11 Å². The van der Waals surface area contributed by atoms with Gasteiger partial charge in [0.25, 0.3) is 5.91 Å². The van der Waals surface area contributed by atoms with Gasteiger partial charge in [0.1, 0.15) is 5.75 Å². The molecule has 34 heavy (non-hydrogen) atoms. The maximum atomic E-state index is 13.9. The minimum atomic E-state index is -1.43. The van der Waals surface area contributed by atoms with Crippen LogP contribution in [0, 0.1) is 0 Å². The molecule has 0 radical (unpaired) electrons. The summed E-state index contributed by atoms with van der Waals surface area (Å²) in [5, 5.41) is 13.5. The SMILES string of the molecule is COc1ccc2c(c1)N(C1(Cc3cccc(Cl)c3)C(=O)Nc3cc(Cl)ccc31)C(OC(=O)O)C2. The third-order valence-electron chi connectivity index (χ3n) is 6.28. The van der Waals surface area contributed by atoms with Crippen LogP contribution in [0.2, 0.25) is 10.0 Å². The largest absolute Gasteiger partial charge is 0.507 e. The number of carbonyl (C=O) groups is 2. The van der Waals surface area contributed by atoms with E-state index >= 15 is 0 Å². The molecule has 3 aromatic carbocycles. The summed E-state index contributed by atoms with van der Waals surface area (Å²) in [5.74, 6) is 0.256. The van der Waals surface area contributed by atoms with E-state index in [1.165, 1.54) is 0 Å². The molecule has 1 amide bonds. The molecule has 2 aliphatic heterocycles. The number of benzene rings is 3. The Morgan fingerprint density at radius 1 is 1.15 bits per heavy atom. The van der Waals surface area contributed by atoms with Crippen molar-refractivity contribution in [2.24, 2.45) is 0 Å². The summed E-state index contributed by atoms with van der Waals surface area (Å²) in [7, 11) is 1.55. The van der Waals surface area contributed by atoms with Gasteiger partial charge in [0, 0.05) is 45.9 Å². The molecule has 3 aromatic rings. The zero-order chi connectivity index (χ0) is 24.0. The van der Waals surface area contributed by atoms with E-state index in [-0.39, 0.29) is 18.7 Å². The number of nitrogens with zero attached hydrogens (tertiary/aromatic N) is 1. The van der Waals surface area contributed by atoms with Crippen molar-refractivity contribution in [1.29, 1.82) is 0 Å². The first-order chi connectivity index (χ1) is 16.3.